The molecule has 4 heteroatoms. The third-order valence-corrected chi connectivity index (χ3v) is 8.88. The molecule has 0 amide bonds. The second kappa shape index (κ2) is 37.6. The number of rotatable bonds is 36. The van der Waals surface area contributed by atoms with Crippen LogP contribution in [0.5, 0.6) is 0 Å². The van der Waals surface area contributed by atoms with E-state index in [0.717, 1.165) is 77.0 Å². The lowest BCUT2D eigenvalue weighted by molar-refractivity contribution is -0.150. The molecule has 0 saturated carbocycles. The Balaban J connectivity index is 3.92. The third-order valence-electron chi connectivity index (χ3n) is 8.88. The quantitative estimate of drug-likeness (QED) is 0.0419. The van der Waals surface area contributed by atoms with Crippen LogP contribution in [0.3, 0.4) is 0 Å². The summed E-state index contributed by atoms with van der Waals surface area (Å²) in [7, 11) is 0. The van der Waals surface area contributed by atoms with Crippen molar-refractivity contribution in [2.24, 2.45) is 0 Å². The molecule has 0 aromatic rings. The van der Waals surface area contributed by atoms with Crippen molar-refractivity contribution in [3.05, 3.63) is 36.5 Å². The minimum atomic E-state index is -0.711. The number of hydrogen-bond acceptors (Lipinski definition) is 3. The van der Waals surface area contributed by atoms with Crippen molar-refractivity contribution in [2.45, 2.75) is 219 Å². The Morgan fingerprint density at radius 1 is 0.500 bits per heavy atom. The number of carboxylic acids is 1. The highest BCUT2D eigenvalue weighted by molar-refractivity contribution is 5.69. The molecule has 0 aliphatic heterocycles. The molecular formula is C42H76O4. The van der Waals surface area contributed by atoms with E-state index in [9.17, 15) is 9.59 Å². The van der Waals surface area contributed by atoms with Gasteiger partial charge in [0.05, 0.1) is 0 Å². The average Bonchev–Trinajstić information content (AvgIpc) is 3.04. The van der Waals surface area contributed by atoms with Gasteiger partial charge in [-0.2, -0.15) is 0 Å². The maximum absolute atomic E-state index is 12.6. The molecule has 0 saturated heterocycles. The molecule has 0 aliphatic carbocycles. The standard InChI is InChI=1S/C42H76O4/c1-3-5-7-9-11-13-15-16-17-18-19-20-21-22-23-25-27-29-35-39-42(45)46-40(37-33-30-31-34-38-41(43)44)36-32-28-26-24-14-12-10-8-6-4-2/h5,7,11,13,16-17,40H,3-4,6,8-10,12,14-15,18-39H2,1-2H3,(H,43,44)/b7-5-,13-11-,17-16-. The summed E-state index contributed by atoms with van der Waals surface area (Å²) in [6.07, 6.45) is 48.8. The van der Waals surface area contributed by atoms with E-state index in [1.165, 1.54) is 109 Å². The van der Waals surface area contributed by atoms with E-state index in [1.807, 2.05) is 0 Å². The van der Waals surface area contributed by atoms with E-state index < -0.39 is 5.97 Å². The second-order valence-electron chi connectivity index (χ2n) is 13.4. The van der Waals surface area contributed by atoms with Crippen molar-refractivity contribution in [2.75, 3.05) is 0 Å². The van der Waals surface area contributed by atoms with Gasteiger partial charge in [-0.3, -0.25) is 9.59 Å². The second-order valence-corrected chi connectivity index (χ2v) is 13.4. The number of allylic oxidation sites excluding steroid dienone is 6. The minimum absolute atomic E-state index is 0.0165. The number of carbonyl (C=O) groups excluding carboxylic acids is 1. The first kappa shape index (κ1) is 44.2. The Bertz CT molecular complexity index is 738. The van der Waals surface area contributed by atoms with Crippen molar-refractivity contribution in [3.8, 4) is 0 Å². The highest BCUT2D eigenvalue weighted by Crippen LogP contribution is 2.19. The number of esters is 1. The fourth-order valence-corrected chi connectivity index (χ4v) is 5.96. The van der Waals surface area contributed by atoms with Crippen LogP contribution in [0.15, 0.2) is 36.5 Å². The zero-order valence-corrected chi connectivity index (χ0v) is 30.6. The number of aliphatic carboxylic acids is 1. The van der Waals surface area contributed by atoms with Gasteiger partial charge in [0, 0.05) is 12.8 Å². The van der Waals surface area contributed by atoms with Crippen molar-refractivity contribution < 1.29 is 19.4 Å². The molecule has 268 valence electrons. The lowest BCUT2D eigenvalue weighted by Crippen LogP contribution is -2.18. The lowest BCUT2D eigenvalue weighted by Gasteiger charge is -2.18. The van der Waals surface area contributed by atoms with E-state index in [2.05, 4.69) is 50.3 Å². The number of hydrogen-bond donors (Lipinski definition) is 1. The van der Waals surface area contributed by atoms with E-state index in [-0.39, 0.29) is 18.5 Å². The van der Waals surface area contributed by atoms with Crippen LogP contribution in [0.1, 0.15) is 213 Å². The molecule has 0 aromatic heterocycles. The van der Waals surface area contributed by atoms with Gasteiger partial charge in [0.25, 0.3) is 0 Å². The summed E-state index contributed by atoms with van der Waals surface area (Å²) in [5, 5.41) is 8.84. The molecular weight excluding hydrogens is 568 g/mol. The molecule has 0 fully saturated rings. The normalized spacial score (nSPS) is 12.6. The highest BCUT2D eigenvalue weighted by Gasteiger charge is 2.14. The Labute approximate surface area is 286 Å². The molecule has 1 unspecified atom stereocenters. The topological polar surface area (TPSA) is 63.6 Å². The number of ether oxygens (including phenoxy) is 1. The molecule has 0 aliphatic rings. The van der Waals surface area contributed by atoms with Crippen LogP contribution < -0.4 is 0 Å². The molecule has 1 atom stereocenters. The monoisotopic (exact) mass is 645 g/mol. The summed E-state index contributed by atoms with van der Waals surface area (Å²) in [4.78, 5) is 23.4. The zero-order chi connectivity index (χ0) is 33.6. The summed E-state index contributed by atoms with van der Waals surface area (Å²) in [6.45, 7) is 4.44. The van der Waals surface area contributed by atoms with E-state index in [0.29, 0.717) is 6.42 Å². The molecule has 0 radical (unpaired) electrons. The van der Waals surface area contributed by atoms with Crippen molar-refractivity contribution in [1.29, 1.82) is 0 Å². The summed E-state index contributed by atoms with van der Waals surface area (Å²) in [5.41, 5.74) is 0. The largest absolute Gasteiger partial charge is 0.481 e. The van der Waals surface area contributed by atoms with Crippen LogP contribution in [0.25, 0.3) is 0 Å². The van der Waals surface area contributed by atoms with E-state index in [1.54, 1.807) is 0 Å². The lowest BCUT2D eigenvalue weighted by atomic mass is 10.0. The maximum Gasteiger partial charge on any atom is 0.306 e. The fourth-order valence-electron chi connectivity index (χ4n) is 5.96. The number of unbranched alkanes of at least 4 members (excludes halogenated alkanes) is 21. The Hall–Kier alpha value is -1.84. The number of carboxylic acid groups (broad SMARTS) is 1. The Morgan fingerprint density at radius 3 is 1.41 bits per heavy atom. The van der Waals surface area contributed by atoms with Gasteiger partial charge in [-0.1, -0.05) is 166 Å². The SMILES string of the molecule is CC/C=C\C/C=C\C/C=C\CCCCCCCCCCCC(=O)OC(CCCCCCCCCCCC)CCCCCCC(=O)O. The van der Waals surface area contributed by atoms with Gasteiger partial charge >= 0.3 is 11.9 Å². The van der Waals surface area contributed by atoms with Gasteiger partial charge in [0.1, 0.15) is 6.10 Å². The van der Waals surface area contributed by atoms with Gasteiger partial charge in [-0.05, 0) is 70.6 Å². The molecule has 0 heterocycles. The van der Waals surface area contributed by atoms with Crippen LogP contribution in [0, 0.1) is 0 Å². The summed E-state index contributed by atoms with van der Waals surface area (Å²) in [6, 6.07) is 0. The van der Waals surface area contributed by atoms with E-state index >= 15 is 0 Å². The molecule has 1 N–H and O–H groups in total. The van der Waals surface area contributed by atoms with Crippen molar-refractivity contribution >= 4 is 11.9 Å². The first-order valence-corrected chi connectivity index (χ1v) is 20.0. The minimum Gasteiger partial charge on any atom is -0.481 e. The number of carbonyl (C=O) groups is 2. The first-order chi connectivity index (χ1) is 22.6. The van der Waals surface area contributed by atoms with Gasteiger partial charge < -0.3 is 9.84 Å². The van der Waals surface area contributed by atoms with Gasteiger partial charge in [0.2, 0.25) is 0 Å². The van der Waals surface area contributed by atoms with Crippen LogP contribution in [-0.4, -0.2) is 23.1 Å². The van der Waals surface area contributed by atoms with E-state index in [4.69, 9.17) is 9.84 Å². The predicted octanol–water partition coefficient (Wildman–Crippen LogP) is 13.8. The highest BCUT2D eigenvalue weighted by atomic mass is 16.5. The summed E-state index contributed by atoms with van der Waals surface area (Å²) in [5.74, 6) is -0.727. The first-order valence-electron chi connectivity index (χ1n) is 20.0. The van der Waals surface area contributed by atoms with Crippen molar-refractivity contribution in [1.82, 2.24) is 0 Å². The maximum atomic E-state index is 12.6. The van der Waals surface area contributed by atoms with Crippen molar-refractivity contribution in [3.63, 3.8) is 0 Å². The molecule has 0 rings (SSSR count). The molecule has 0 bridgehead atoms. The predicted molar refractivity (Wildman–Crippen MR) is 199 cm³/mol. The smallest absolute Gasteiger partial charge is 0.306 e. The van der Waals surface area contributed by atoms with Gasteiger partial charge in [0.15, 0.2) is 0 Å². The average molecular weight is 645 g/mol. The zero-order valence-electron chi connectivity index (χ0n) is 30.6. The van der Waals surface area contributed by atoms with Crippen LogP contribution in [-0.2, 0) is 14.3 Å². The van der Waals surface area contributed by atoms with Crippen LogP contribution in [0.2, 0.25) is 0 Å². The van der Waals surface area contributed by atoms with Crippen LogP contribution in [0.4, 0.5) is 0 Å². The van der Waals surface area contributed by atoms with Crippen LogP contribution >= 0.6 is 0 Å². The fraction of sp³-hybridized carbons (Fsp3) is 0.810. The summed E-state index contributed by atoms with van der Waals surface area (Å²) < 4.78 is 5.97. The van der Waals surface area contributed by atoms with Gasteiger partial charge in [-0.15, -0.1) is 0 Å². The molecule has 4 nitrogen and oxygen atoms in total. The Morgan fingerprint density at radius 2 is 0.913 bits per heavy atom. The van der Waals surface area contributed by atoms with Gasteiger partial charge in [-0.25, -0.2) is 0 Å². The molecule has 0 spiro atoms. The third kappa shape index (κ3) is 36.6. The molecule has 46 heavy (non-hydrogen) atoms. The Kier molecular flexibility index (Phi) is 36.1. The summed E-state index contributed by atoms with van der Waals surface area (Å²) >= 11 is 0. The molecule has 0 aromatic carbocycles.